The van der Waals surface area contributed by atoms with Crippen LogP contribution < -0.4 is 4.72 Å². The van der Waals surface area contributed by atoms with Crippen LogP contribution in [0.2, 0.25) is 0 Å². The number of nitrogens with one attached hydrogen (secondary N) is 1. The fourth-order valence-electron chi connectivity index (χ4n) is 4.40. The van der Waals surface area contributed by atoms with Crippen LogP contribution in [-0.2, 0) is 16.4 Å². The average molecular weight is 536 g/mol. The van der Waals surface area contributed by atoms with Crippen LogP contribution in [0.4, 0.5) is 8.78 Å². The summed E-state index contributed by atoms with van der Waals surface area (Å²) in [5.41, 5.74) is 4.42. The van der Waals surface area contributed by atoms with Gasteiger partial charge in [0.25, 0.3) is 5.92 Å². The molecule has 4 rings (SSSR count). The molecule has 0 amide bonds. The van der Waals surface area contributed by atoms with E-state index in [1.165, 1.54) is 12.1 Å². The van der Waals surface area contributed by atoms with Gasteiger partial charge in [-0.15, -0.1) is 0 Å². The quantitative estimate of drug-likeness (QED) is 0.291. The molecule has 0 fully saturated rings. The van der Waals surface area contributed by atoms with E-state index < -0.39 is 27.6 Å². The summed E-state index contributed by atoms with van der Waals surface area (Å²) in [7, 11) is -4.31. The van der Waals surface area contributed by atoms with Gasteiger partial charge < -0.3 is 4.57 Å². The number of hydrogen-bond acceptors (Lipinski definition) is 5. The molecule has 0 spiro atoms. The van der Waals surface area contributed by atoms with Gasteiger partial charge in [0.05, 0.1) is 40.4 Å². The third kappa shape index (κ3) is 4.71. The Morgan fingerprint density at radius 2 is 2.00 bits per heavy atom. The van der Waals surface area contributed by atoms with Crippen molar-refractivity contribution in [2.24, 2.45) is 0 Å². The minimum atomic E-state index is -4.31. The molecular weight excluding hydrogens is 508 g/mol. The van der Waals surface area contributed by atoms with Crippen molar-refractivity contribution in [2.75, 3.05) is 0 Å². The minimum absolute atomic E-state index is 0.280. The molecule has 1 N–H and O–H groups in total. The van der Waals surface area contributed by atoms with Gasteiger partial charge in [-0.1, -0.05) is 13.5 Å². The summed E-state index contributed by atoms with van der Waals surface area (Å²) in [4.78, 5) is 8.30. The molecule has 1 unspecified atom stereocenters. The summed E-state index contributed by atoms with van der Waals surface area (Å²) in [5.74, 6) is -3.43. The zero-order valence-electron chi connectivity index (χ0n) is 21.5. The van der Waals surface area contributed by atoms with E-state index in [9.17, 15) is 22.5 Å². The van der Waals surface area contributed by atoms with Crippen LogP contribution in [0.25, 0.3) is 28.0 Å². The lowest BCUT2D eigenvalue weighted by Crippen LogP contribution is -2.46. The Hall–Kier alpha value is -3.94. The smallest absolute Gasteiger partial charge is 0.284 e. The summed E-state index contributed by atoms with van der Waals surface area (Å²) in [6.45, 7) is 9.51. The number of nitrogens with zero attached hydrogens (tertiary/aromatic N) is 4. The van der Waals surface area contributed by atoms with Gasteiger partial charge in [-0.25, -0.2) is 13.1 Å². The zero-order valence-corrected chi connectivity index (χ0v) is 22.3. The van der Waals surface area contributed by atoms with Gasteiger partial charge in [-0.05, 0) is 80.3 Å². The Labute approximate surface area is 220 Å². The molecule has 38 heavy (non-hydrogen) atoms. The van der Waals surface area contributed by atoms with E-state index >= 15 is 0 Å². The van der Waals surface area contributed by atoms with E-state index in [0.717, 1.165) is 48.5 Å². The first-order valence-corrected chi connectivity index (χ1v) is 13.4. The SMILES string of the molecule is C=C(C)C(F)(F)C(C)NS(=O)(=O)c1ccc(-c2c(C#N)c3cc(C)c(CC)cc3n2-c2cccnc2)nc1. The van der Waals surface area contributed by atoms with E-state index in [4.69, 9.17) is 0 Å². The zero-order chi connectivity index (χ0) is 27.8. The van der Waals surface area contributed by atoms with Crippen molar-refractivity contribution in [3.8, 4) is 23.1 Å². The second-order valence-electron chi connectivity index (χ2n) is 9.16. The Kier molecular flexibility index (Phi) is 7.19. The number of benzene rings is 1. The molecule has 0 saturated heterocycles. The normalized spacial score (nSPS) is 12.9. The second kappa shape index (κ2) is 10.1. The van der Waals surface area contributed by atoms with Crippen molar-refractivity contribution in [2.45, 2.75) is 51.0 Å². The summed E-state index contributed by atoms with van der Waals surface area (Å²) >= 11 is 0. The van der Waals surface area contributed by atoms with Crippen LogP contribution in [0.5, 0.6) is 0 Å². The highest BCUT2D eigenvalue weighted by atomic mass is 32.2. The molecular formula is C28H27F2N5O2S. The molecule has 0 saturated carbocycles. The largest absolute Gasteiger partial charge is 0.305 e. The molecule has 196 valence electrons. The van der Waals surface area contributed by atoms with Crippen LogP contribution in [0, 0.1) is 18.3 Å². The number of alkyl halides is 2. The van der Waals surface area contributed by atoms with Crippen LogP contribution in [0.15, 0.2) is 72.0 Å². The fraction of sp³-hybridized carbons (Fsp3) is 0.250. The predicted octanol–water partition coefficient (Wildman–Crippen LogP) is 5.71. The number of pyridine rings is 2. The van der Waals surface area contributed by atoms with E-state index in [2.05, 4.69) is 29.5 Å². The molecule has 0 aliphatic rings. The van der Waals surface area contributed by atoms with E-state index in [-0.39, 0.29) is 4.90 Å². The summed E-state index contributed by atoms with van der Waals surface area (Å²) in [6, 6.07) is 11.0. The van der Waals surface area contributed by atoms with E-state index in [1.807, 2.05) is 34.4 Å². The Morgan fingerprint density at radius 1 is 1.26 bits per heavy atom. The lowest BCUT2D eigenvalue weighted by atomic mass is 10.0. The topological polar surface area (TPSA) is 101 Å². The third-order valence-corrected chi connectivity index (χ3v) is 8.08. The van der Waals surface area contributed by atoms with Gasteiger partial charge in [0.1, 0.15) is 11.0 Å². The minimum Gasteiger partial charge on any atom is -0.305 e. The highest BCUT2D eigenvalue weighted by Crippen LogP contribution is 2.37. The van der Waals surface area contributed by atoms with Gasteiger partial charge in [0.2, 0.25) is 10.0 Å². The summed E-state index contributed by atoms with van der Waals surface area (Å²) in [5, 5.41) is 10.9. The maximum atomic E-state index is 14.3. The van der Waals surface area contributed by atoms with Gasteiger partial charge >= 0.3 is 0 Å². The van der Waals surface area contributed by atoms with Crippen molar-refractivity contribution in [3.05, 3.63) is 83.8 Å². The van der Waals surface area contributed by atoms with Crippen LogP contribution in [0.1, 0.15) is 37.5 Å². The predicted molar refractivity (Wildman–Crippen MR) is 143 cm³/mol. The number of aryl methyl sites for hydroxylation is 2. The summed E-state index contributed by atoms with van der Waals surface area (Å²) in [6.07, 6.45) is 5.21. The van der Waals surface area contributed by atoms with E-state index in [0.29, 0.717) is 22.6 Å². The van der Waals surface area contributed by atoms with Gasteiger partial charge in [-0.3, -0.25) is 9.97 Å². The Morgan fingerprint density at radius 3 is 2.55 bits per heavy atom. The molecule has 4 aromatic rings. The number of nitriles is 1. The number of sulfonamides is 1. The molecule has 0 bridgehead atoms. The van der Waals surface area contributed by atoms with Crippen molar-refractivity contribution in [1.82, 2.24) is 19.3 Å². The molecule has 0 aliphatic carbocycles. The average Bonchev–Trinajstić information content (AvgIpc) is 3.21. The van der Waals surface area contributed by atoms with Gasteiger partial charge in [0.15, 0.2) is 0 Å². The number of hydrogen-bond donors (Lipinski definition) is 1. The fourth-order valence-corrected chi connectivity index (χ4v) is 5.59. The molecule has 0 radical (unpaired) electrons. The monoisotopic (exact) mass is 535 g/mol. The third-order valence-electron chi connectivity index (χ3n) is 6.56. The molecule has 7 nitrogen and oxygen atoms in total. The maximum absolute atomic E-state index is 14.3. The van der Waals surface area contributed by atoms with Crippen molar-refractivity contribution in [3.63, 3.8) is 0 Å². The summed E-state index contributed by atoms with van der Waals surface area (Å²) < 4.78 is 58.1. The van der Waals surface area contributed by atoms with Crippen LogP contribution >= 0.6 is 0 Å². The maximum Gasteiger partial charge on any atom is 0.284 e. The molecule has 10 heteroatoms. The lowest BCUT2D eigenvalue weighted by molar-refractivity contribution is 0.0145. The highest BCUT2D eigenvalue weighted by Gasteiger charge is 2.40. The van der Waals surface area contributed by atoms with E-state index in [1.54, 1.807) is 18.5 Å². The standard InChI is InChI=1S/C28H27F2N5O2S/c1-6-20-13-26-23(12-18(20)4)24(14-31)27(35(26)21-8-7-11-32-15-21)25-10-9-22(16-33-25)38(36,37)34-19(5)28(29,30)17(2)3/h7-13,15-16,19,34H,2,6H2,1,3-5H3. The molecule has 0 aliphatic heterocycles. The Balaban J connectivity index is 1.87. The van der Waals surface area contributed by atoms with Crippen molar-refractivity contribution in [1.29, 1.82) is 5.26 Å². The van der Waals surface area contributed by atoms with Gasteiger partial charge in [0, 0.05) is 17.8 Å². The number of aromatic nitrogens is 3. The molecule has 3 heterocycles. The lowest BCUT2D eigenvalue weighted by Gasteiger charge is -2.24. The first kappa shape index (κ1) is 27.1. The van der Waals surface area contributed by atoms with Crippen molar-refractivity contribution < 1.29 is 17.2 Å². The highest BCUT2D eigenvalue weighted by molar-refractivity contribution is 7.89. The van der Waals surface area contributed by atoms with Crippen LogP contribution in [0.3, 0.4) is 0 Å². The first-order chi connectivity index (χ1) is 17.9. The van der Waals surface area contributed by atoms with Crippen LogP contribution in [-0.4, -0.2) is 34.9 Å². The van der Waals surface area contributed by atoms with Crippen molar-refractivity contribution >= 4 is 20.9 Å². The number of rotatable bonds is 8. The first-order valence-electron chi connectivity index (χ1n) is 11.9. The number of halogens is 2. The second-order valence-corrected chi connectivity index (χ2v) is 10.9. The number of fused-ring (bicyclic) bond motifs is 1. The molecule has 3 aromatic heterocycles. The molecule has 1 aromatic carbocycles. The molecule has 1 atom stereocenters. The Bertz CT molecular complexity index is 1670. The van der Waals surface area contributed by atoms with Gasteiger partial charge in [-0.2, -0.15) is 14.0 Å².